The first-order valence-electron chi connectivity index (χ1n) is 10.0. The van der Waals surface area contributed by atoms with E-state index in [-0.39, 0.29) is 30.1 Å². The van der Waals surface area contributed by atoms with Crippen LogP contribution in [0.5, 0.6) is 0 Å². The topological polar surface area (TPSA) is 85.6 Å². The van der Waals surface area contributed by atoms with Gasteiger partial charge in [-0.3, -0.25) is 9.59 Å². The molecule has 3 rings (SSSR count). The fourth-order valence-corrected chi connectivity index (χ4v) is 3.71. The second-order valence-electron chi connectivity index (χ2n) is 7.81. The Hall–Kier alpha value is -2.89. The lowest BCUT2D eigenvalue weighted by atomic mass is 9.78. The molecule has 1 N–H and O–H groups in total. The highest BCUT2D eigenvalue weighted by Gasteiger charge is 2.28. The Labute approximate surface area is 170 Å². The predicted molar refractivity (Wildman–Crippen MR) is 109 cm³/mol. The first-order chi connectivity index (χ1) is 13.8. The van der Waals surface area contributed by atoms with E-state index in [1.54, 1.807) is 30.3 Å². The molecule has 0 saturated heterocycles. The molecule has 1 amide bonds. The highest BCUT2D eigenvalue weighted by atomic mass is 16.5. The quantitative estimate of drug-likeness (QED) is 0.582. The zero-order valence-electron chi connectivity index (χ0n) is 17.1. The third-order valence-corrected chi connectivity index (χ3v) is 5.77. The van der Waals surface area contributed by atoms with E-state index in [2.05, 4.69) is 19.2 Å². The summed E-state index contributed by atoms with van der Waals surface area (Å²) in [5.41, 5.74) is 1.35. The maximum atomic E-state index is 12.2. The summed E-state index contributed by atoms with van der Waals surface area (Å²) < 4.78 is 10.7. The van der Waals surface area contributed by atoms with Gasteiger partial charge in [-0.1, -0.05) is 51.0 Å². The molecule has 1 heterocycles. The monoisotopic (exact) mass is 397 g/mol. The Morgan fingerprint density at radius 2 is 1.79 bits per heavy atom. The summed E-state index contributed by atoms with van der Waals surface area (Å²) in [7, 11) is 0. The average Bonchev–Trinajstić information content (AvgIpc) is 3.20. The lowest BCUT2D eigenvalue weighted by molar-refractivity contribution is -0.125. The molecule has 29 heavy (non-hydrogen) atoms. The van der Waals surface area contributed by atoms with Crippen molar-refractivity contribution in [2.45, 2.75) is 46.1 Å². The van der Waals surface area contributed by atoms with Crippen LogP contribution in [-0.4, -0.2) is 30.3 Å². The van der Waals surface area contributed by atoms with Crippen molar-refractivity contribution in [2.75, 3.05) is 6.61 Å². The lowest BCUT2D eigenvalue weighted by Crippen LogP contribution is -2.45. The van der Waals surface area contributed by atoms with E-state index < -0.39 is 5.97 Å². The predicted octanol–water partition coefficient (Wildman–Crippen LogP) is 4.25. The maximum Gasteiger partial charge on any atom is 0.374 e. The van der Waals surface area contributed by atoms with Crippen LogP contribution in [0.3, 0.4) is 0 Å². The lowest BCUT2D eigenvalue weighted by Gasteiger charge is -2.34. The molecule has 1 aliphatic rings. The van der Waals surface area contributed by atoms with Gasteiger partial charge in [0.2, 0.25) is 5.76 Å². The summed E-state index contributed by atoms with van der Waals surface area (Å²) in [5, 5.41) is 2.98. The summed E-state index contributed by atoms with van der Waals surface area (Å²) in [5.74, 6) is 0.501. The minimum Gasteiger partial charge on any atom is -0.450 e. The van der Waals surface area contributed by atoms with Crippen molar-refractivity contribution in [1.29, 1.82) is 0 Å². The zero-order chi connectivity index (χ0) is 21.0. The molecule has 1 aliphatic carbocycles. The molecule has 0 bridgehead atoms. The van der Waals surface area contributed by atoms with Crippen molar-refractivity contribution < 1.29 is 23.5 Å². The van der Waals surface area contributed by atoms with Crippen molar-refractivity contribution in [3.63, 3.8) is 0 Å². The van der Waals surface area contributed by atoms with Crippen molar-refractivity contribution in [3.05, 3.63) is 47.7 Å². The molecule has 1 fully saturated rings. The smallest absolute Gasteiger partial charge is 0.374 e. The van der Waals surface area contributed by atoms with Crippen LogP contribution in [0.15, 0.2) is 40.8 Å². The molecule has 3 atom stereocenters. The third kappa shape index (κ3) is 5.13. The number of benzene rings is 1. The van der Waals surface area contributed by atoms with E-state index in [9.17, 15) is 14.4 Å². The SMILES string of the molecule is CC(=O)c1ccc(-c2ccc(C(=O)OCC(=O)N[C@@H]3CCC[C@H](C)[C@H]3C)o2)cc1. The Kier molecular flexibility index (Phi) is 6.52. The summed E-state index contributed by atoms with van der Waals surface area (Å²) >= 11 is 0. The van der Waals surface area contributed by atoms with E-state index in [0.717, 1.165) is 18.4 Å². The first-order valence-corrected chi connectivity index (χ1v) is 10.0. The van der Waals surface area contributed by atoms with Gasteiger partial charge in [0.15, 0.2) is 12.4 Å². The first kappa shape index (κ1) is 20.8. The highest BCUT2D eigenvalue weighted by Crippen LogP contribution is 2.29. The summed E-state index contributed by atoms with van der Waals surface area (Å²) in [6.45, 7) is 5.51. The van der Waals surface area contributed by atoms with Crippen LogP contribution in [0.1, 0.15) is 60.9 Å². The van der Waals surface area contributed by atoms with E-state index in [4.69, 9.17) is 9.15 Å². The molecule has 1 aromatic carbocycles. The van der Waals surface area contributed by atoms with Gasteiger partial charge in [0.05, 0.1) is 0 Å². The van der Waals surface area contributed by atoms with E-state index in [0.29, 0.717) is 23.2 Å². The Bertz CT molecular complexity index is 883. The average molecular weight is 397 g/mol. The second kappa shape index (κ2) is 9.07. The number of rotatable bonds is 6. The van der Waals surface area contributed by atoms with Gasteiger partial charge >= 0.3 is 5.97 Å². The van der Waals surface area contributed by atoms with Gasteiger partial charge in [-0.25, -0.2) is 4.79 Å². The molecule has 0 spiro atoms. The Morgan fingerprint density at radius 3 is 2.48 bits per heavy atom. The summed E-state index contributed by atoms with van der Waals surface area (Å²) in [6.07, 6.45) is 3.23. The van der Waals surface area contributed by atoms with Crippen LogP contribution < -0.4 is 5.32 Å². The number of hydrogen-bond donors (Lipinski definition) is 1. The van der Waals surface area contributed by atoms with Gasteiger partial charge in [-0.15, -0.1) is 0 Å². The number of ketones is 1. The molecule has 154 valence electrons. The number of Topliss-reactive ketones (excluding diaryl/α,β-unsaturated/α-hetero) is 1. The van der Waals surface area contributed by atoms with Crippen molar-refractivity contribution in [3.8, 4) is 11.3 Å². The highest BCUT2D eigenvalue weighted by molar-refractivity contribution is 5.94. The van der Waals surface area contributed by atoms with Gasteiger partial charge in [0, 0.05) is 17.2 Å². The van der Waals surface area contributed by atoms with Gasteiger partial charge in [0.25, 0.3) is 5.91 Å². The van der Waals surface area contributed by atoms with E-state index >= 15 is 0 Å². The molecule has 0 aliphatic heterocycles. The molecule has 6 heteroatoms. The number of carbonyl (C=O) groups excluding carboxylic acids is 3. The van der Waals surface area contributed by atoms with Crippen LogP contribution in [0, 0.1) is 11.8 Å². The largest absolute Gasteiger partial charge is 0.450 e. The molecular weight excluding hydrogens is 370 g/mol. The van der Waals surface area contributed by atoms with Crippen LogP contribution in [0.2, 0.25) is 0 Å². The zero-order valence-corrected chi connectivity index (χ0v) is 17.1. The van der Waals surface area contributed by atoms with Crippen LogP contribution in [-0.2, 0) is 9.53 Å². The maximum absolute atomic E-state index is 12.2. The van der Waals surface area contributed by atoms with Crippen molar-refractivity contribution in [2.24, 2.45) is 11.8 Å². The van der Waals surface area contributed by atoms with E-state index in [1.807, 2.05) is 0 Å². The van der Waals surface area contributed by atoms with E-state index in [1.165, 1.54) is 19.4 Å². The molecule has 2 aromatic rings. The number of hydrogen-bond acceptors (Lipinski definition) is 5. The minimum atomic E-state index is -0.684. The van der Waals surface area contributed by atoms with Gasteiger partial charge in [0.1, 0.15) is 5.76 Å². The number of carbonyl (C=O) groups is 3. The van der Waals surface area contributed by atoms with Crippen LogP contribution >= 0.6 is 0 Å². The molecule has 0 radical (unpaired) electrons. The third-order valence-electron chi connectivity index (χ3n) is 5.77. The number of ether oxygens (including phenoxy) is 1. The Morgan fingerprint density at radius 1 is 1.07 bits per heavy atom. The standard InChI is InChI=1S/C23H27NO5/c1-14-5-4-6-19(15(14)2)24-22(26)13-28-23(27)21-12-11-20(29-21)18-9-7-17(8-10-18)16(3)25/h7-12,14-15,19H,4-6,13H2,1-3H3,(H,24,26)/t14-,15+,19+/m0/s1. The normalized spacial score (nSPS) is 21.4. The summed E-state index contributed by atoms with van der Waals surface area (Å²) in [4.78, 5) is 35.7. The molecule has 1 aromatic heterocycles. The summed E-state index contributed by atoms with van der Waals surface area (Å²) in [6, 6.07) is 10.2. The van der Waals surface area contributed by atoms with Crippen molar-refractivity contribution in [1.82, 2.24) is 5.32 Å². The van der Waals surface area contributed by atoms with Crippen molar-refractivity contribution >= 4 is 17.7 Å². The number of furan rings is 1. The minimum absolute atomic E-state index is 0.0179. The Balaban J connectivity index is 1.53. The fourth-order valence-electron chi connectivity index (χ4n) is 3.71. The van der Waals surface area contributed by atoms with Crippen LogP contribution in [0.25, 0.3) is 11.3 Å². The second-order valence-corrected chi connectivity index (χ2v) is 7.81. The fraction of sp³-hybridized carbons (Fsp3) is 0.435. The van der Waals surface area contributed by atoms with Gasteiger partial charge in [-0.05, 0) is 37.3 Å². The van der Waals surface area contributed by atoms with Gasteiger partial charge in [-0.2, -0.15) is 0 Å². The number of amides is 1. The molecule has 1 saturated carbocycles. The van der Waals surface area contributed by atoms with Gasteiger partial charge < -0.3 is 14.5 Å². The number of esters is 1. The molecule has 6 nitrogen and oxygen atoms in total. The van der Waals surface area contributed by atoms with Crippen LogP contribution in [0.4, 0.5) is 0 Å². The molecular formula is C23H27NO5. The number of nitrogens with one attached hydrogen (secondary N) is 1. The molecule has 0 unspecified atom stereocenters.